The van der Waals surface area contributed by atoms with Crippen molar-refractivity contribution >= 4 is 9.84 Å². The van der Waals surface area contributed by atoms with E-state index < -0.39 is 9.84 Å². The van der Waals surface area contributed by atoms with E-state index in [1.54, 1.807) is 12.4 Å². The van der Waals surface area contributed by atoms with Gasteiger partial charge in [-0.2, -0.15) is 0 Å². The van der Waals surface area contributed by atoms with Gasteiger partial charge in [-0.25, -0.2) is 18.4 Å². The number of aromatic nitrogens is 2. The number of hydrogen-bond acceptors (Lipinski definition) is 4. The Hall–Kier alpha value is -1.75. The van der Waals surface area contributed by atoms with Gasteiger partial charge >= 0.3 is 0 Å². The molecule has 4 nitrogen and oxygen atoms in total. The van der Waals surface area contributed by atoms with Gasteiger partial charge in [0.25, 0.3) is 0 Å². The van der Waals surface area contributed by atoms with Crippen LogP contribution in [-0.4, -0.2) is 24.1 Å². The summed E-state index contributed by atoms with van der Waals surface area (Å²) < 4.78 is 24.5. The van der Waals surface area contributed by atoms with Crippen molar-refractivity contribution in [2.75, 3.05) is 5.75 Å². The SMILES string of the molecule is O=S(=O)(Cc1cnc(-c2ccccc2)nc1)CC1CCCC1. The van der Waals surface area contributed by atoms with Crippen molar-refractivity contribution in [2.24, 2.45) is 5.92 Å². The summed E-state index contributed by atoms with van der Waals surface area (Å²) in [5, 5.41) is 0. The van der Waals surface area contributed by atoms with E-state index in [4.69, 9.17) is 0 Å². The zero-order valence-electron chi connectivity index (χ0n) is 12.5. The van der Waals surface area contributed by atoms with E-state index in [2.05, 4.69) is 9.97 Å². The predicted molar refractivity (Wildman–Crippen MR) is 86.9 cm³/mol. The van der Waals surface area contributed by atoms with E-state index in [1.807, 2.05) is 30.3 Å². The van der Waals surface area contributed by atoms with Gasteiger partial charge in [-0.3, -0.25) is 0 Å². The van der Waals surface area contributed by atoms with Gasteiger partial charge < -0.3 is 0 Å². The summed E-state index contributed by atoms with van der Waals surface area (Å²) in [5.74, 6) is 1.30. The van der Waals surface area contributed by atoms with Gasteiger partial charge in [0, 0.05) is 23.5 Å². The van der Waals surface area contributed by atoms with Crippen LogP contribution in [0.2, 0.25) is 0 Å². The molecule has 0 atom stereocenters. The largest absolute Gasteiger partial charge is 0.236 e. The average molecular weight is 316 g/mol. The summed E-state index contributed by atoms with van der Waals surface area (Å²) in [6.45, 7) is 0. The lowest BCUT2D eigenvalue weighted by atomic mass is 10.1. The molecule has 22 heavy (non-hydrogen) atoms. The van der Waals surface area contributed by atoms with Gasteiger partial charge in [0.2, 0.25) is 0 Å². The van der Waals surface area contributed by atoms with Gasteiger partial charge in [0.15, 0.2) is 15.7 Å². The second kappa shape index (κ2) is 6.57. The van der Waals surface area contributed by atoms with E-state index in [1.165, 1.54) is 0 Å². The lowest BCUT2D eigenvalue weighted by molar-refractivity contribution is 0.558. The zero-order valence-corrected chi connectivity index (χ0v) is 13.3. The molecule has 0 saturated heterocycles. The molecule has 0 amide bonds. The first-order valence-electron chi connectivity index (χ1n) is 7.69. The molecule has 1 aliphatic rings. The highest BCUT2D eigenvalue weighted by molar-refractivity contribution is 7.90. The molecule has 1 saturated carbocycles. The van der Waals surface area contributed by atoms with Crippen molar-refractivity contribution < 1.29 is 8.42 Å². The third-order valence-electron chi connectivity index (χ3n) is 4.09. The molecule has 3 rings (SSSR count). The minimum Gasteiger partial charge on any atom is -0.236 e. The molecule has 2 aromatic rings. The molecule has 1 aromatic heterocycles. The topological polar surface area (TPSA) is 59.9 Å². The Balaban J connectivity index is 1.68. The molecule has 0 bridgehead atoms. The fraction of sp³-hybridized carbons (Fsp3) is 0.412. The molecule has 5 heteroatoms. The summed E-state index contributed by atoms with van der Waals surface area (Å²) in [6, 6.07) is 9.67. The Labute approximate surface area is 131 Å². The molecule has 0 spiro atoms. The second-order valence-electron chi connectivity index (χ2n) is 5.99. The highest BCUT2D eigenvalue weighted by Gasteiger charge is 2.23. The number of nitrogens with zero attached hydrogens (tertiary/aromatic N) is 2. The number of sulfone groups is 1. The van der Waals surface area contributed by atoms with E-state index >= 15 is 0 Å². The minimum absolute atomic E-state index is 0.0402. The zero-order chi connectivity index (χ0) is 15.4. The number of benzene rings is 1. The van der Waals surface area contributed by atoms with Gasteiger partial charge in [0.05, 0.1) is 11.5 Å². The Morgan fingerprint density at radius 2 is 1.64 bits per heavy atom. The van der Waals surface area contributed by atoms with E-state index in [0.29, 0.717) is 23.1 Å². The van der Waals surface area contributed by atoms with Crippen LogP contribution in [0.5, 0.6) is 0 Å². The molecule has 116 valence electrons. The first kappa shape index (κ1) is 15.2. The van der Waals surface area contributed by atoms with E-state index in [0.717, 1.165) is 31.2 Å². The van der Waals surface area contributed by atoms with Gasteiger partial charge in [-0.1, -0.05) is 43.2 Å². The molecular weight excluding hydrogens is 296 g/mol. The standard InChI is InChI=1S/C17H20N2O2S/c20-22(21,12-14-6-4-5-7-14)13-15-10-18-17(19-11-15)16-8-2-1-3-9-16/h1-3,8-11,14H,4-7,12-13H2. The maximum atomic E-state index is 12.3. The molecule has 1 heterocycles. The third-order valence-corrected chi connectivity index (χ3v) is 5.84. The number of hydrogen-bond donors (Lipinski definition) is 0. The first-order valence-corrected chi connectivity index (χ1v) is 9.51. The van der Waals surface area contributed by atoms with Gasteiger partial charge in [-0.05, 0) is 18.8 Å². The van der Waals surface area contributed by atoms with Crippen LogP contribution in [0.15, 0.2) is 42.7 Å². The van der Waals surface area contributed by atoms with Crippen molar-refractivity contribution in [3.63, 3.8) is 0 Å². The molecule has 0 N–H and O–H groups in total. The van der Waals surface area contributed by atoms with Crippen molar-refractivity contribution in [1.82, 2.24) is 9.97 Å². The summed E-state index contributed by atoms with van der Waals surface area (Å²) in [7, 11) is -3.08. The van der Waals surface area contributed by atoms with Crippen LogP contribution in [0.1, 0.15) is 31.2 Å². The monoisotopic (exact) mass is 316 g/mol. The Morgan fingerprint density at radius 1 is 1.00 bits per heavy atom. The smallest absolute Gasteiger partial charge is 0.159 e. The fourth-order valence-corrected chi connectivity index (χ4v) is 4.84. The van der Waals surface area contributed by atoms with E-state index in [-0.39, 0.29) is 5.75 Å². The second-order valence-corrected chi connectivity index (χ2v) is 8.10. The quantitative estimate of drug-likeness (QED) is 0.849. The highest BCUT2D eigenvalue weighted by Crippen LogP contribution is 2.26. The fourth-order valence-electron chi connectivity index (χ4n) is 3.01. The van der Waals surface area contributed by atoms with E-state index in [9.17, 15) is 8.42 Å². The normalized spacial score (nSPS) is 16.0. The maximum absolute atomic E-state index is 12.3. The van der Waals surface area contributed by atoms with Crippen LogP contribution in [0.25, 0.3) is 11.4 Å². The van der Waals surface area contributed by atoms with Crippen molar-refractivity contribution in [2.45, 2.75) is 31.4 Å². The lowest BCUT2D eigenvalue weighted by Crippen LogP contribution is -2.16. The predicted octanol–water partition coefficient (Wildman–Crippen LogP) is 3.25. The highest BCUT2D eigenvalue weighted by atomic mass is 32.2. The third kappa shape index (κ3) is 3.91. The number of rotatable bonds is 5. The van der Waals surface area contributed by atoms with Crippen molar-refractivity contribution in [1.29, 1.82) is 0 Å². The van der Waals surface area contributed by atoms with Crippen LogP contribution in [0.3, 0.4) is 0 Å². The molecule has 0 unspecified atom stereocenters. The molecule has 0 radical (unpaired) electrons. The van der Waals surface area contributed by atoms with Crippen LogP contribution in [0, 0.1) is 5.92 Å². The van der Waals surface area contributed by atoms with Crippen LogP contribution in [-0.2, 0) is 15.6 Å². The van der Waals surface area contributed by atoms with Crippen LogP contribution >= 0.6 is 0 Å². The average Bonchev–Trinajstić information content (AvgIpc) is 3.00. The molecule has 1 fully saturated rings. The molecular formula is C17H20N2O2S. The summed E-state index contributed by atoms with van der Waals surface area (Å²) >= 11 is 0. The van der Waals surface area contributed by atoms with Crippen molar-refractivity contribution in [3.05, 3.63) is 48.3 Å². The summed E-state index contributed by atoms with van der Waals surface area (Å²) in [5.41, 5.74) is 1.60. The summed E-state index contributed by atoms with van der Waals surface area (Å²) in [4.78, 5) is 8.58. The van der Waals surface area contributed by atoms with Gasteiger partial charge in [-0.15, -0.1) is 0 Å². The molecule has 1 aromatic carbocycles. The molecule has 1 aliphatic carbocycles. The van der Waals surface area contributed by atoms with Crippen LogP contribution < -0.4 is 0 Å². The van der Waals surface area contributed by atoms with Crippen LogP contribution in [0.4, 0.5) is 0 Å². The van der Waals surface area contributed by atoms with Gasteiger partial charge in [0.1, 0.15) is 0 Å². The maximum Gasteiger partial charge on any atom is 0.159 e. The molecule has 0 aliphatic heterocycles. The first-order chi connectivity index (χ1) is 10.6. The minimum atomic E-state index is -3.08. The summed E-state index contributed by atoms with van der Waals surface area (Å²) in [6.07, 6.45) is 7.67. The Bertz CT molecular complexity index is 706. The Kier molecular flexibility index (Phi) is 4.52. The lowest BCUT2D eigenvalue weighted by Gasteiger charge is -2.10. The Morgan fingerprint density at radius 3 is 2.27 bits per heavy atom. The van der Waals surface area contributed by atoms with Crippen molar-refractivity contribution in [3.8, 4) is 11.4 Å².